The summed E-state index contributed by atoms with van der Waals surface area (Å²) in [7, 11) is 3.04. The summed E-state index contributed by atoms with van der Waals surface area (Å²) < 4.78 is 15.9. The van der Waals surface area contributed by atoms with Gasteiger partial charge < -0.3 is 24.8 Å². The van der Waals surface area contributed by atoms with Crippen LogP contribution in [0.1, 0.15) is 24.2 Å². The molecular weight excluding hydrogens is 402 g/mol. The lowest BCUT2D eigenvalue weighted by Gasteiger charge is -2.29. The van der Waals surface area contributed by atoms with Crippen molar-refractivity contribution in [3.63, 3.8) is 0 Å². The summed E-state index contributed by atoms with van der Waals surface area (Å²) in [4.78, 5) is 38.8. The van der Waals surface area contributed by atoms with Gasteiger partial charge in [-0.15, -0.1) is 0 Å². The van der Waals surface area contributed by atoms with Crippen LogP contribution in [0.2, 0.25) is 0 Å². The van der Waals surface area contributed by atoms with Crippen LogP contribution in [0.5, 0.6) is 17.2 Å². The van der Waals surface area contributed by atoms with E-state index in [9.17, 15) is 14.4 Å². The number of methoxy groups -OCH3 is 2. The lowest BCUT2D eigenvalue weighted by molar-refractivity contribution is -0.125. The average Bonchev–Trinajstić information content (AvgIpc) is 2.74. The quantitative estimate of drug-likeness (QED) is 0.702. The highest BCUT2D eigenvalue weighted by molar-refractivity contribution is 6.07. The van der Waals surface area contributed by atoms with Gasteiger partial charge in [0.25, 0.3) is 11.8 Å². The number of hydrogen-bond donors (Lipinski definition) is 2. The summed E-state index contributed by atoms with van der Waals surface area (Å²) in [5.74, 6) is 0.429. The second-order valence-corrected chi connectivity index (χ2v) is 7.23. The third kappa shape index (κ3) is 5.25. The first-order chi connectivity index (χ1) is 14.8. The maximum Gasteiger partial charge on any atom is 0.265 e. The number of hydrogen-bond acceptors (Lipinski definition) is 6. The molecule has 0 atom stereocenters. The van der Waals surface area contributed by atoms with Gasteiger partial charge in [0, 0.05) is 35.5 Å². The normalized spacial score (nSPS) is 12.7. The van der Waals surface area contributed by atoms with Crippen molar-refractivity contribution in [1.29, 1.82) is 0 Å². The highest BCUT2D eigenvalue weighted by atomic mass is 16.5. The Morgan fingerprint density at radius 1 is 1.10 bits per heavy atom. The first-order valence-corrected chi connectivity index (χ1v) is 9.71. The lowest BCUT2D eigenvalue weighted by atomic mass is 10.1. The van der Waals surface area contributed by atoms with Gasteiger partial charge in [0.1, 0.15) is 23.8 Å². The molecule has 0 fully saturated rings. The molecule has 164 valence electrons. The van der Waals surface area contributed by atoms with E-state index in [1.807, 2.05) is 13.8 Å². The fourth-order valence-electron chi connectivity index (χ4n) is 3.11. The molecule has 1 aliphatic heterocycles. The predicted octanol–water partition coefficient (Wildman–Crippen LogP) is 2.21. The van der Waals surface area contributed by atoms with Crippen molar-refractivity contribution in [2.45, 2.75) is 19.9 Å². The van der Waals surface area contributed by atoms with Crippen LogP contribution in [0.15, 0.2) is 36.4 Å². The number of benzene rings is 2. The zero-order chi connectivity index (χ0) is 22.5. The van der Waals surface area contributed by atoms with E-state index in [1.54, 1.807) is 30.3 Å². The van der Waals surface area contributed by atoms with E-state index in [2.05, 4.69) is 10.6 Å². The van der Waals surface area contributed by atoms with Gasteiger partial charge in [-0.25, -0.2) is 0 Å². The molecule has 0 saturated carbocycles. The van der Waals surface area contributed by atoms with Crippen molar-refractivity contribution in [3.05, 3.63) is 42.0 Å². The molecule has 9 nitrogen and oxygen atoms in total. The number of carbonyl (C=O) groups is 3. The molecule has 1 aliphatic rings. The first kappa shape index (κ1) is 21.9. The summed E-state index contributed by atoms with van der Waals surface area (Å²) >= 11 is 0. The van der Waals surface area contributed by atoms with Crippen LogP contribution in [0.4, 0.5) is 11.4 Å². The predicted molar refractivity (Wildman–Crippen MR) is 115 cm³/mol. The van der Waals surface area contributed by atoms with Gasteiger partial charge in [0.2, 0.25) is 5.91 Å². The Kier molecular flexibility index (Phi) is 6.64. The van der Waals surface area contributed by atoms with Crippen LogP contribution in [0, 0.1) is 0 Å². The number of carbonyl (C=O) groups excluding carboxylic acids is 3. The maximum absolute atomic E-state index is 12.8. The van der Waals surface area contributed by atoms with E-state index < -0.39 is 5.91 Å². The smallest absolute Gasteiger partial charge is 0.265 e. The van der Waals surface area contributed by atoms with Crippen LogP contribution < -0.4 is 29.7 Å². The van der Waals surface area contributed by atoms with Crippen molar-refractivity contribution in [2.75, 3.05) is 37.6 Å². The molecule has 0 aromatic heterocycles. The molecular formula is C22H25N3O6. The van der Waals surface area contributed by atoms with Crippen LogP contribution in [0.25, 0.3) is 0 Å². The van der Waals surface area contributed by atoms with Gasteiger partial charge in [0.05, 0.1) is 19.9 Å². The van der Waals surface area contributed by atoms with Gasteiger partial charge in [-0.3, -0.25) is 19.3 Å². The Morgan fingerprint density at radius 3 is 2.39 bits per heavy atom. The minimum absolute atomic E-state index is 0.0555. The molecule has 9 heteroatoms. The highest BCUT2D eigenvalue weighted by Crippen LogP contribution is 2.33. The molecule has 2 aromatic rings. The number of anilines is 2. The third-order valence-corrected chi connectivity index (χ3v) is 4.52. The summed E-state index contributed by atoms with van der Waals surface area (Å²) in [6, 6.07) is 9.69. The minimum Gasteiger partial charge on any atom is -0.497 e. The van der Waals surface area contributed by atoms with Gasteiger partial charge in [-0.2, -0.15) is 0 Å². The Hall–Kier alpha value is -3.75. The van der Waals surface area contributed by atoms with E-state index in [4.69, 9.17) is 14.2 Å². The van der Waals surface area contributed by atoms with Crippen molar-refractivity contribution in [3.8, 4) is 17.2 Å². The summed E-state index contributed by atoms with van der Waals surface area (Å²) in [6.45, 7) is 3.34. The topological polar surface area (TPSA) is 106 Å². The van der Waals surface area contributed by atoms with Gasteiger partial charge in [-0.1, -0.05) is 0 Å². The SMILES string of the molecule is COc1cc(NC(=O)c2ccc3c(c2)N(CC(=O)NC(C)C)C(=O)CO3)cc(OC)c1. The van der Waals surface area contributed by atoms with Crippen LogP contribution in [-0.4, -0.2) is 51.1 Å². The van der Waals surface area contributed by atoms with Crippen molar-refractivity contribution in [2.24, 2.45) is 0 Å². The van der Waals surface area contributed by atoms with Gasteiger partial charge in [0.15, 0.2) is 6.61 Å². The Labute approximate surface area is 180 Å². The van der Waals surface area contributed by atoms with Crippen LogP contribution in [-0.2, 0) is 9.59 Å². The molecule has 3 rings (SSSR count). The second-order valence-electron chi connectivity index (χ2n) is 7.23. The van der Waals surface area contributed by atoms with Gasteiger partial charge in [-0.05, 0) is 32.0 Å². The number of rotatable bonds is 7. The van der Waals surface area contributed by atoms with E-state index in [1.165, 1.54) is 25.2 Å². The molecule has 0 aliphatic carbocycles. The first-order valence-electron chi connectivity index (χ1n) is 9.71. The second kappa shape index (κ2) is 9.38. The summed E-state index contributed by atoms with van der Waals surface area (Å²) in [5.41, 5.74) is 1.15. The molecule has 0 saturated heterocycles. The highest BCUT2D eigenvalue weighted by Gasteiger charge is 2.28. The van der Waals surface area contributed by atoms with E-state index >= 15 is 0 Å². The molecule has 31 heavy (non-hydrogen) atoms. The fourth-order valence-corrected chi connectivity index (χ4v) is 3.11. The Morgan fingerprint density at radius 2 is 1.77 bits per heavy atom. The number of fused-ring (bicyclic) bond motifs is 1. The Bertz CT molecular complexity index is 982. The molecule has 0 bridgehead atoms. The standard InChI is InChI=1S/C22H25N3O6/c1-13(2)23-20(26)11-25-18-7-14(5-6-19(18)31-12-21(25)27)22(28)24-15-8-16(29-3)10-17(9-15)30-4/h5-10,13H,11-12H2,1-4H3,(H,23,26)(H,24,28). The molecule has 0 radical (unpaired) electrons. The number of ether oxygens (including phenoxy) is 3. The van der Waals surface area contributed by atoms with E-state index in [0.29, 0.717) is 34.2 Å². The monoisotopic (exact) mass is 427 g/mol. The summed E-state index contributed by atoms with van der Waals surface area (Å²) in [6.07, 6.45) is 0. The number of amides is 3. The third-order valence-electron chi connectivity index (χ3n) is 4.52. The van der Waals surface area contributed by atoms with Crippen LogP contribution >= 0.6 is 0 Å². The van der Waals surface area contributed by atoms with Gasteiger partial charge >= 0.3 is 0 Å². The minimum atomic E-state index is -0.400. The summed E-state index contributed by atoms with van der Waals surface area (Å²) in [5, 5.41) is 5.54. The molecule has 2 aromatic carbocycles. The molecule has 0 spiro atoms. The molecule has 3 amide bonds. The van der Waals surface area contributed by atoms with Crippen molar-refractivity contribution >= 4 is 29.1 Å². The Balaban J connectivity index is 1.85. The van der Waals surface area contributed by atoms with Crippen molar-refractivity contribution in [1.82, 2.24) is 5.32 Å². The van der Waals surface area contributed by atoms with E-state index in [-0.39, 0.29) is 31.0 Å². The zero-order valence-corrected chi connectivity index (χ0v) is 17.9. The fraction of sp³-hybridized carbons (Fsp3) is 0.318. The number of nitrogens with zero attached hydrogens (tertiary/aromatic N) is 1. The van der Waals surface area contributed by atoms with E-state index in [0.717, 1.165) is 0 Å². The van der Waals surface area contributed by atoms with Crippen LogP contribution in [0.3, 0.4) is 0 Å². The lowest BCUT2D eigenvalue weighted by Crippen LogP contribution is -2.46. The maximum atomic E-state index is 12.8. The van der Waals surface area contributed by atoms with Crippen molar-refractivity contribution < 1.29 is 28.6 Å². The molecule has 2 N–H and O–H groups in total. The number of nitrogens with one attached hydrogen (secondary N) is 2. The average molecular weight is 427 g/mol. The molecule has 1 heterocycles. The largest absolute Gasteiger partial charge is 0.497 e. The zero-order valence-electron chi connectivity index (χ0n) is 17.9. The molecule has 0 unspecified atom stereocenters.